The molecule has 1 fully saturated rings. The molecule has 0 bridgehead atoms. The molecule has 0 amide bonds. The molecule has 0 radical (unpaired) electrons. The molecule has 1 aliphatic rings. The summed E-state index contributed by atoms with van der Waals surface area (Å²) in [5.74, 6) is -0.276. The second-order valence-electron chi connectivity index (χ2n) is 5.74. The van der Waals surface area contributed by atoms with Crippen molar-refractivity contribution < 1.29 is 15.0 Å². The van der Waals surface area contributed by atoms with Crippen molar-refractivity contribution in [2.45, 2.75) is 26.0 Å². The number of benzene rings is 1. The van der Waals surface area contributed by atoms with Crippen LogP contribution in [0.25, 0.3) is 0 Å². The van der Waals surface area contributed by atoms with E-state index in [0.29, 0.717) is 5.92 Å². The van der Waals surface area contributed by atoms with Crippen LogP contribution in [0.5, 0.6) is 0 Å². The molecule has 1 unspecified atom stereocenters. The third-order valence-electron chi connectivity index (χ3n) is 3.92. The van der Waals surface area contributed by atoms with Gasteiger partial charge in [-0.25, -0.2) is 0 Å². The van der Waals surface area contributed by atoms with E-state index in [-0.39, 0.29) is 13.2 Å². The van der Waals surface area contributed by atoms with Gasteiger partial charge in [-0.2, -0.15) is 0 Å². The molecule has 5 nitrogen and oxygen atoms in total. The molecule has 1 aromatic carbocycles. The Balaban J connectivity index is 1.78. The van der Waals surface area contributed by atoms with Gasteiger partial charge < -0.3 is 15.5 Å². The molecule has 1 saturated heterocycles. The van der Waals surface area contributed by atoms with Crippen molar-refractivity contribution in [1.82, 2.24) is 10.2 Å². The Kier molecular flexibility index (Phi) is 6.17. The van der Waals surface area contributed by atoms with Crippen LogP contribution in [0.3, 0.4) is 0 Å². The molecule has 0 spiro atoms. The highest BCUT2D eigenvalue weighted by Gasteiger charge is 2.19. The van der Waals surface area contributed by atoms with Crippen molar-refractivity contribution in [2.24, 2.45) is 5.92 Å². The van der Waals surface area contributed by atoms with E-state index in [4.69, 9.17) is 10.2 Å². The molecule has 0 aliphatic carbocycles. The van der Waals surface area contributed by atoms with Crippen LogP contribution in [-0.2, 0) is 17.9 Å². The Labute approximate surface area is 125 Å². The van der Waals surface area contributed by atoms with Gasteiger partial charge in [0.15, 0.2) is 0 Å². The molecule has 3 N–H and O–H groups in total. The molecule has 1 heterocycles. The Morgan fingerprint density at radius 2 is 2.00 bits per heavy atom. The number of rotatable bonds is 7. The topological polar surface area (TPSA) is 72.8 Å². The van der Waals surface area contributed by atoms with Crippen LogP contribution in [0.15, 0.2) is 24.3 Å². The maximum Gasteiger partial charge on any atom is 0.317 e. The van der Waals surface area contributed by atoms with Crippen molar-refractivity contribution in [3.63, 3.8) is 0 Å². The minimum absolute atomic E-state index is 0.0408. The summed E-state index contributed by atoms with van der Waals surface area (Å²) in [6.07, 6.45) is 2.32. The Bertz CT molecular complexity index is 447. The Hall–Kier alpha value is -1.43. The molecule has 0 saturated carbocycles. The number of aliphatic hydroxyl groups excluding tert-OH is 1. The van der Waals surface area contributed by atoms with Crippen molar-refractivity contribution in [1.29, 1.82) is 0 Å². The minimum atomic E-state index is -0.799. The molecule has 21 heavy (non-hydrogen) atoms. The van der Waals surface area contributed by atoms with E-state index in [1.165, 1.54) is 5.56 Å². The van der Waals surface area contributed by atoms with Crippen LogP contribution >= 0.6 is 0 Å². The lowest BCUT2D eigenvalue weighted by Crippen LogP contribution is -2.40. The van der Waals surface area contributed by atoms with Crippen LogP contribution in [0.2, 0.25) is 0 Å². The Morgan fingerprint density at radius 3 is 2.67 bits per heavy atom. The highest BCUT2D eigenvalue weighted by molar-refractivity contribution is 5.68. The van der Waals surface area contributed by atoms with Gasteiger partial charge in [0.1, 0.15) is 0 Å². The summed E-state index contributed by atoms with van der Waals surface area (Å²) in [4.78, 5) is 12.9. The van der Waals surface area contributed by atoms with Gasteiger partial charge in [0.2, 0.25) is 0 Å². The standard InChI is InChI=1S/C16H24N2O3/c19-12-14-5-3-13(4-6-14)10-18-7-1-2-15(11-18)8-17-9-16(20)21/h3-6,15,17,19H,1-2,7-12H2,(H,20,21). The third-order valence-corrected chi connectivity index (χ3v) is 3.92. The zero-order valence-electron chi connectivity index (χ0n) is 12.3. The quantitative estimate of drug-likeness (QED) is 0.701. The first-order valence-electron chi connectivity index (χ1n) is 7.51. The lowest BCUT2D eigenvalue weighted by Gasteiger charge is -2.32. The zero-order valence-corrected chi connectivity index (χ0v) is 12.3. The van der Waals surface area contributed by atoms with E-state index >= 15 is 0 Å². The van der Waals surface area contributed by atoms with Gasteiger partial charge >= 0.3 is 5.97 Å². The fraction of sp³-hybridized carbons (Fsp3) is 0.562. The second-order valence-corrected chi connectivity index (χ2v) is 5.74. The van der Waals surface area contributed by atoms with Crippen LogP contribution in [-0.4, -0.2) is 47.3 Å². The number of aliphatic hydroxyl groups is 1. The number of piperidine rings is 1. The third kappa shape index (κ3) is 5.46. The number of nitrogens with one attached hydrogen (secondary N) is 1. The number of hydrogen-bond acceptors (Lipinski definition) is 4. The smallest absolute Gasteiger partial charge is 0.317 e. The number of carboxylic acids is 1. The van der Waals surface area contributed by atoms with Gasteiger partial charge in [-0.15, -0.1) is 0 Å². The van der Waals surface area contributed by atoms with Crippen molar-refractivity contribution >= 4 is 5.97 Å². The lowest BCUT2D eigenvalue weighted by molar-refractivity contribution is -0.136. The van der Waals surface area contributed by atoms with Crippen LogP contribution in [0.4, 0.5) is 0 Å². The van der Waals surface area contributed by atoms with Gasteiger partial charge in [-0.3, -0.25) is 9.69 Å². The summed E-state index contributed by atoms with van der Waals surface area (Å²) < 4.78 is 0. The van der Waals surface area contributed by atoms with Crippen LogP contribution in [0, 0.1) is 5.92 Å². The number of likely N-dealkylation sites (tertiary alicyclic amines) is 1. The molecule has 2 rings (SSSR count). The highest BCUT2D eigenvalue weighted by Crippen LogP contribution is 2.18. The monoisotopic (exact) mass is 292 g/mol. The fourth-order valence-electron chi connectivity index (χ4n) is 2.85. The predicted octanol–water partition coefficient (Wildman–Crippen LogP) is 1.07. The molecule has 1 aliphatic heterocycles. The van der Waals surface area contributed by atoms with E-state index in [1.54, 1.807) is 0 Å². The number of carbonyl (C=O) groups is 1. The molecule has 1 atom stereocenters. The largest absolute Gasteiger partial charge is 0.480 e. The summed E-state index contributed by atoms with van der Waals surface area (Å²) >= 11 is 0. The average Bonchev–Trinajstić information content (AvgIpc) is 2.48. The van der Waals surface area contributed by atoms with E-state index in [1.807, 2.05) is 12.1 Å². The molecular formula is C16H24N2O3. The number of hydrogen-bond donors (Lipinski definition) is 3. The van der Waals surface area contributed by atoms with E-state index < -0.39 is 5.97 Å². The lowest BCUT2D eigenvalue weighted by atomic mass is 9.97. The number of carboxylic acid groups (broad SMARTS) is 1. The van der Waals surface area contributed by atoms with Gasteiger partial charge in [-0.1, -0.05) is 24.3 Å². The second kappa shape index (κ2) is 8.12. The highest BCUT2D eigenvalue weighted by atomic mass is 16.4. The maximum atomic E-state index is 10.5. The van der Waals surface area contributed by atoms with Gasteiger partial charge in [0.05, 0.1) is 13.2 Å². The summed E-state index contributed by atoms with van der Waals surface area (Å²) in [5, 5.41) is 20.7. The summed E-state index contributed by atoms with van der Waals surface area (Å²) in [7, 11) is 0. The van der Waals surface area contributed by atoms with Crippen LogP contribution < -0.4 is 5.32 Å². The first-order chi connectivity index (χ1) is 10.2. The SMILES string of the molecule is O=C(O)CNCC1CCCN(Cc2ccc(CO)cc2)C1. The van der Waals surface area contributed by atoms with Gasteiger partial charge in [-0.05, 0) is 43.0 Å². The van der Waals surface area contributed by atoms with Crippen molar-refractivity contribution in [3.8, 4) is 0 Å². The Morgan fingerprint density at radius 1 is 1.29 bits per heavy atom. The van der Waals surface area contributed by atoms with E-state index in [9.17, 15) is 4.79 Å². The molecule has 0 aromatic heterocycles. The normalized spacial score (nSPS) is 19.6. The molecule has 116 valence electrons. The van der Waals surface area contributed by atoms with Crippen molar-refractivity contribution in [2.75, 3.05) is 26.2 Å². The molecule has 1 aromatic rings. The fourth-order valence-corrected chi connectivity index (χ4v) is 2.85. The predicted molar refractivity (Wildman–Crippen MR) is 80.9 cm³/mol. The molecule has 5 heteroatoms. The first kappa shape index (κ1) is 15.9. The maximum absolute atomic E-state index is 10.5. The number of nitrogens with zero attached hydrogens (tertiary/aromatic N) is 1. The van der Waals surface area contributed by atoms with Crippen molar-refractivity contribution in [3.05, 3.63) is 35.4 Å². The van der Waals surface area contributed by atoms with Gasteiger partial charge in [0, 0.05) is 13.1 Å². The first-order valence-corrected chi connectivity index (χ1v) is 7.51. The zero-order chi connectivity index (χ0) is 15.1. The summed E-state index contributed by atoms with van der Waals surface area (Å²) in [6, 6.07) is 8.06. The minimum Gasteiger partial charge on any atom is -0.480 e. The van der Waals surface area contributed by atoms with E-state index in [0.717, 1.165) is 44.6 Å². The summed E-state index contributed by atoms with van der Waals surface area (Å²) in [6.45, 7) is 3.92. The van der Waals surface area contributed by atoms with Gasteiger partial charge in [0.25, 0.3) is 0 Å². The summed E-state index contributed by atoms with van der Waals surface area (Å²) in [5.41, 5.74) is 2.19. The number of aliphatic carboxylic acids is 1. The average molecular weight is 292 g/mol. The van der Waals surface area contributed by atoms with Crippen LogP contribution in [0.1, 0.15) is 24.0 Å². The van der Waals surface area contributed by atoms with E-state index in [2.05, 4.69) is 22.3 Å². The molecular weight excluding hydrogens is 268 g/mol.